The predicted molar refractivity (Wildman–Crippen MR) is 106 cm³/mol. The number of hydrogen-bond acceptors (Lipinski definition) is 3. The lowest BCUT2D eigenvalue weighted by Gasteiger charge is -2.17. The highest BCUT2D eigenvalue weighted by molar-refractivity contribution is 7.16. The second-order valence-corrected chi connectivity index (χ2v) is 8.54. The van der Waals surface area contributed by atoms with E-state index in [2.05, 4.69) is 25.2 Å². The van der Waals surface area contributed by atoms with E-state index in [9.17, 15) is 10.1 Å². The first-order valence-electron chi connectivity index (χ1n) is 8.91. The van der Waals surface area contributed by atoms with Gasteiger partial charge in [0.1, 0.15) is 17.1 Å². The molecule has 3 rings (SSSR count). The molecule has 6 heteroatoms. The van der Waals surface area contributed by atoms with Gasteiger partial charge in [0.15, 0.2) is 6.54 Å². The third-order valence-electron chi connectivity index (χ3n) is 4.93. The molecule has 0 fully saturated rings. The van der Waals surface area contributed by atoms with Gasteiger partial charge in [0, 0.05) is 15.5 Å². The number of rotatable bonds is 5. The van der Waals surface area contributed by atoms with Gasteiger partial charge in [-0.15, -0.1) is 11.3 Å². The Hall–Kier alpha value is -1.87. The largest absolute Gasteiger partial charge is 0.333 e. The minimum Gasteiger partial charge on any atom is -0.333 e. The van der Waals surface area contributed by atoms with E-state index < -0.39 is 0 Å². The zero-order valence-corrected chi connectivity index (χ0v) is 16.6. The molecule has 0 radical (unpaired) electrons. The van der Waals surface area contributed by atoms with Crippen LogP contribution in [-0.4, -0.2) is 12.5 Å². The van der Waals surface area contributed by atoms with E-state index in [1.54, 1.807) is 11.3 Å². The average molecular weight is 389 g/mol. The van der Waals surface area contributed by atoms with Crippen LogP contribution in [0.25, 0.3) is 0 Å². The smallest absolute Gasteiger partial charge is 0.280 e. The van der Waals surface area contributed by atoms with Gasteiger partial charge in [-0.1, -0.05) is 30.7 Å². The first kappa shape index (κ1) is 18.9. The molecule has 0 spiro atoms. The van der Waals surface area contributed by atoms with Crippen LogP contribution in [0.4, 0.5) is 5.00 Å². The van der Waals surface area contributed by atoms with Crippen molar-refractivity contribution in [3.05, 3.63) is 50.9 Å². The molecule has 1 aromatic carbocycles. The summed E-state index contributed by atoms with van der Waals surface area (Å²) in [7, 11) is 0. The van der Waals surface area contributed by atoms with Crippen LogP contribution < -0.4 is 10.6 Å². The van der Waals surface area contributed by atoms with E-state index in [4.69, 9.17) is 11.6 Å². The fourth-order valence-corrected chi connectivity index (χ4v) is 4.82. The topological polar surface area (TPSA) is 69.5 Å². The highest BCUT2D eigenvalue weighted by atomic mass is 35.5. The Balaban J connectivity index is 1.62. The van der Waals surface area contributed by atoms with Crippen LogP contribution in [0, 0.1) is 17.2 Å². The average Bonchev–Trinajstić information content (AvgIpc) is 2.96. The van der Waals surface area contributed by atoms with E-state index in [1.165, 1.54) is 4.88 Å². The summed E-state index contributed by atoms with van der Waals surface area (Å²) in [6.07, 6.45) is 3.05. The molecule has 0 saturated heterocycles. The van der Waals surface area contributed by atoms with E-state index in [0.29, 0.717) is 28.0 Å². The molecule has 1 aromatic heterocycles. The molecule has 3 N–H and O–H groups in total. The number of halogens is 1. The van der Waals surface area contributed by atoms with Crippen molar-refractivity contribution in [1.29, 1.82) is 5.26 Å². The Morgan fingerprint density at radius 1 is 1.46 bits per heavy atom. The second-order valence-electron chi connectivity index (χ2n) is 7.00. The molecule has 1 aliphatic rings. The molecule has 0 aliphatic heterocycles. The Bertz CT molecular complexity index is 838. The molecule has 136 valence electrons. The van der Waals surface area contributed by atoms with Crippen LogP contribution in [-0.2, 0) is 17.6 Å². The lowest BCUT2D eigenvalue weighted by atomic mass is 9.89. The van der Waals surface area contributed by atoms with Gasteiger partial charge < -0.3 is 10.6 Å². The maximum absolute atomic E-state index is 12.4. The molecule has 0 unspecified atom stereocenters. The van der Waals surface area contributed by atoms with Crippen LogP contribution in [0.5, 0.6) is 0 Å². The summed E-state index contributed by atoms with van der Waals surface area (Å²) >= 11 is 7.48. The van der Waals surface area contributed by atoms with Gasteiger partial charge in [-0.2, -0.15) is 5.26 Å². The van der Waals surface area contributed by atoms with Gasteiger partial charge >= 0.3 is 0 Å². The molecular formula is C20H23ClN3OS+. The summed E-state index contributed by atoms with van der Waals surface area (Å²) in [6, 6.07) is 10.1. The first-order valence-corrected chi connectivity index (χ1v) is 10.1. The molecule has 0 bridgehead atoms. The monoisotopic (exact) mass is 388 g/mol. The standard InChI is InChI=1S/C20H22ClN3OS/c1-12-3-8-16-17(10-22)20(26-18(16)9-12)24-19(25)11-23-13(2)14-4-6-15(21)7-5-14/h4-7,12-13,23H,3,8-9,11H2,1-2H3,(H,24,25)/p+1/t12-,13+/m1/s1. The number of thiophene rings is 1. The van der Waals surface area contributed by atoms with Crippen LogP contribution in [0.15, 0.2) is 24.3 Å². The summed E-state index contributed by atoms with van der Waals surface area (Å²) in [4.78, 5) is 13.6. The molecule has 26 heavy (non-hydrogen) atoms. The highest BCUT2D eigenvalue weighted by Crippen LogP contribution is 2.39. The summed E-state index contributed by atoms with van der Waals surface area (Å²) in [5.74, 6) is 0.568. The van der Waals surface area contributed by atoms with Gasteiger partial charge in [0.05, 0.1) is 5.56 Å². The van der Waals surface area contributed by atoms with Gasteiger partial charge in [-0.05, 0) is 49.8 Å². The Labute approximate surface area is 163 Å². The summed E-state index contributed by atoms with van der Waals surface area (Å²) < 4.78 is 0. The second kappa shape index (κ2) is 8.22. The van der Waals surface area contributed by atoms with Gasteiger partial charge in [0.2, 0.25) is 0 Å². The Morgan fingerprint density at radius 3 is 2.88 bits per heavy atom. The SMILES string of the molecule is C[C@@H]1CCc2c(sc(NC(=O)C[NH2+][C@@H](C)c3ccc(Cl)cc3)c2C#N)C1. The third kappa shape index (κ3) is 4.27. The molecule has 1 amide bonds. The van der Waals surface area contributed by atoms with Crippen molar-refractivity contribution < 1.29 is 10.1 Å². The zero-order valence-electron chi connectivity index (χ0n) is 15.0. The van der Waals surface area contributed by atoms with Gasteiger partial charge in [-0.25, -0.2) is 0 Å². The Morgan fingerprint density at radius 2 is 2.19 bits per heavy atom. The van der Waals surface area contributed by atoms with E-state index >= 15 is 0 Å². The Kier molecular flexibility index (Phi) is 5.98. The molecule has 0 saturated carbocycles. The summed E-state index contributed by atoms with van der Waals surface area (Å²) in [5, 5.41) is 15.9. The molecule has 1 aliphatic carbocycles. The quantitative estimate of drug-likeness (QED) is 0.820. The van der Waals surface area contributed by atoms with E-state index in [0.717, 1.165) is 30.4 Å². The number of nitrogens with one attached hydrogen (secondary N) is 1. The first-order chi connectivity index (χ1) is 12.5. The van der Waals surface area contributed by atoms with Crippen molar-refractivity contribution in [3.63, 3.8) is 0 Å². The maximum atomic E-state index is 12.4. The molecule has 2 aromatic rings. The lowest BCUT2D eigenvalue weighted by molar-refractivity contribution is -0.682. The number of amides is 1. The fourth-order valence-electron chi connectivity index (χ4n) is 3.32. The number of carbonyl (C=O) groups excluding carboxylic acids is 1. The normalized spacial score (nSPS) is 17.2. The number of nitriles is 1. The number of anilines is 1. The van der Waals surface area contributed by atoms with Crippen molar-refractivity contribution in [2.24, 2.45) is 5.92 Å². The van der Waals surface area contributed by atoms with Crippen molar-refractivity contribution in [2.45, 2.75) is 39.2 Å². The fraction of sp³-hybridized carbons (Fsp3) is 0.400. The number of nitrogens with zero attached hydrogens (tertiary/aromatic N) is 1. The van der Waals surface area contributed by atoms with Crippen molar-refractivity contribution in [2.75, 3.05) is 11.9 Å². The van der Waals surface area contributed by atoms with Gasteiger partial charge in [0.25, 0.3) is 5.91 Å². The minimum atomic E-state index is -0.0750. The number of carbonyl (C=O) groups is 1. The van der Waals surface area contributed by atoms with E-state index in [1.807, 2.05) is 29.6 Å². The molecular weight excluding hydrogens is 366 g/mol. The van der Waals surface area contributed by atoms with Crippen molar-refractivity contribution in [1.82, 2.24) is 0 Å². The maximum Gasteiger partial charge on any atom is 0.280 e. The molecule has 2 atom stereocenters. The number of quaternary nitrogens is 1. The number of fused-ring (bicyclic) bond motifs is 1. The van der Waals surface area contributed by atoms with Crippen LogP contribution >= 0.6 is 22.9 Å². The van der Waals surface area contributed by atoms with Crippen LogP contribution in [0.3, 0.4) is 0 Å². The predicted octanol–water partition coefficient (Wildman–Crippen LogP) is 3.66. The molecule has 4 nitrogen and oxygen atoms in total. The van der Waals surface area contributed by atoms with Crippen LogP contribution in [0.2, 0.25) is 5.02 Å². The number of nitrogens with two attached hydrogens (primary N) is 1. The third-order valence-corrected chi connectivity index (χ3v) is 6.35. The lowest BCUT2D eigenvalue weighted by Crippen LogP contribution is -2.86. The zero-order chi connectivity index (χ0) is 18.7. The van der Waals surface area contributed by atoms with Crippen molar-refractivity contribution in [3.8, 4) is 6.07 Å². The van der Waals surface area contributed by atoms with Crippen molar-refractivity contribution >= 4 is 33.8 Å². The highest BCUT2D eigenvalue weighted by Gasteiger charge is 2.25. The molecule has 1 heterocycles. The number of hydrogen-bond donors (Lipinski definition) is 2. The van der Waals surface area contributed by atoms with Gasteiger partial charge in [-0.3, -0.25) is 4.79 Å². The van der Waals surface area contributed by atoms with Crippen LogP contribution in [0.1, 0.15) is 47.9 Å². The van der Waals surface area contributed by atoms with E-state index in [-0.39, 0.29) is 11.9 Å². The summed E-state index contributed by atoms with van der Waals surface area (Å²) in [5.41, 5.74) is 2.93. The number of benzene rings is 1. The minimum absolute atomic E-state index is 0.0750. The summed E-state index contributed by atoms with van der Waals surface area (Å²) in [6.45, 7) is 4.61.